The van der Waals surface area contributed by atoms with Gasteiger partial charge in [0.2, 0.25) is 0 Å². The summed E-state index contributed by atoms with van der Waals surface area (Å²) in [7, 11) is 5.78. The Morgan fingerprint density at radius 1 is 1.45 bits per heavy atom. The van der Waals surface area contributed by atoms with Gasteiger partial charge in [0.25, 0.3) is 0 Å². The average molecular weight is 157 g/mol. The number of piperidine rings is 1. The largest absolute Gasteiger partial charge is 0.468 e. The topological polar surface area (TPSA) is 13.7 Å². The van der Waals surface area contributed by atoms with Crippen molar-refractivity contribution in [3.63, 3.8) is 0 Å². The molecule has 0 spiro atoms. The summed E-state index contributed by atoms with van der Waals surface area (Å²) in [6, 6.07) is 0. The zero-order valence-electron chi connectivity index (χ0n) is 7.44. The third-order valence-electron chi connectivity index (χ3n) is 2.54. The minimum atomic E-state index is 0.903. The van der Waals surface area contributed by atoms with Crippen LogP contribution in [0, 0.1) is 13.0 Å². The molecule has 0 radical (unpaired) electrons. The second-order valence-corrected chi connectivity index (χ2v) is 3.47. The van der Waals surface area contributed by atoms with E-state index in [-0.39, 0.29) is 0 Å². The smallest absolute Gasteiger partial charge is 0.0533 e. The first-order chi connectivity index (χ1) is 5.33. The average Bonchev–Trinajstić information content (AvgIpc) is 2.04. The fourth-order valence-corrected chi connectivity index (χ4v) is 1.66. The van der Waals surface area contributed by atoms with Crippen molar-refractivity contribution in [3.8, 4) is 0 Å². The third kappa shape index (κ3) is 3.21. The molecule has 0 aliphatic carbocycles. The van der Waals surface area contributed by atoms with Gasteiger partial charge in [0.1, 0.15) is 0 Å². The molecule has 0 unspecified atom stereocenters. The summed E-state index contributed by atoms with van der Waals surface area (Å²) in [4.78, 5) is 1.44. The highest BCUT2D eigenvalue weighted by Crippen LogP contribution is 2.13. The molecule has 0 bridgehead atoms. The van der Waals surface area contributed by atoms with Crippen molar-refractivity contribution in [2.45, 2.75) is 19.3 Å². The lowest BCUT2D eigenvalue weighted by Crippen LogP contribution is -3.08. The van der Waals surface area contributed by atoms with Crippen LogP contribution in [0.2, 0.25) is 0 Å². The van der Waals surface area contributed by atoms with Gasteiger partial charge in [-0.25, -0.2) is 0 Å². The van der Waals surface area contributed by atoms with E-state index >= 15 is 0 Å². The standard InChI is InChI=1S/C9H19NO/c1-10-6-3-9(4-7-10)5-8-11-2/h9-10H,1,3-8H2,2H3. The van der Waals surface area contributed by atoms with E-state index in [0.29, 0.717) is 0 Å². The number of ether oxygens (including phenoxy) is 1. The van der Waals surface area contributed by atoms with Crippen molar-refractivity contribution < 1.29 is 9.64 Å². The zero-order chi connectivity index (χ0) is 8.10. The molecule has 1 N–H and O–H groups in total. The first-order valence-electron chi connectivity index (χ1n) is 4.48. The zero-order valence-corrected chi connectivity index (χ0v) is 7.44. The van der Waals surface area contributed by atoms with E-state index in [2.05, 4.69) is 7.05 Å². The Morgan fingerprint density at radius 3 is 2.64 bits per heavy atom. The molecule has 0 amide bonds. The van der Waals surface area contributed by atoms with Gasteiger partial charge >= 0.3 is 0 Å². The molecule has 1 aliphatic rings. The molecule has 0 aromatic carbocycles. The van der Waals surface area contributed by atoms with Gasteiger partial charge in [-0.1, -0.05) is 0 Å². The predicted octanol–water partition coefficient (Wildman–Crippen LogP) is 0.109. The minimum Gasteiger partial charge on any atom is -0.468 e. The van der Waals surface area contributed by atoms with Crippen LogP contribution in [0.15, 0.2) is 0 Å². The van der Waals surface area contributed by atoms with Crippen LogP contribution in [-0.4, -0.2) is 26.8 Å². The Balaban J connectivity index is 2.07. The molecule has 2 nitrogen and oxygen atoms in total. The van der Waals surface area contributed by atoms with E-state index < -0.39 is 0 Å². The van der Waals surface area contributed by atoms with Crippen LogP contribution in [0.4, 0.5) is 0 Å². The van der Waals surface area contributed by atoms with Crippen LogP contribution in [0.1, 0.15) is 19.3 Å². The molecule has 1 fully saturated rings. The normalized spacial score (nSPS) is 32.2. The molecule has 0 aromatic heterocycles. The fourth-order valence-electron chi connectivity index (χ4n) is 1.66. The summed E-state index contributed by atoms with van der Waals surface area (Å²) in [6.07, 6.45) is 3.91. The lowest BCUT2D eigenvalue weighted by atomic mass is 9.94. The van der Waals surface area contributed by atoms with Crippen LogP contribution in [0.5, 0.6) is 0 Å². The van der Waals surface area contributed by atoms with E-state index in [1.54, 1.807) is 7.11 Å². The molecular formula is C9H19NO. The van der Waals surface area contributed by atoms with Gasteiger partial charge < -0.3 is 9.64 Å². The molecule has 66 valence electrons. The summed E-state index contributed by atoms with van der Waals surface area (Å²) in [5.74, 6) is 0.903. The molecular weight excluding hydrogens is 138 g/mol. The van der Waals surface area contributed by atoms with Gasteiger partial charge in [-0.3, -0.25) is 0 Å². The molecule has 11 heavy (non-hydrogen) atoms. The van der Waals surface area contributed by atoms with Crippen molar-refractivity contribution in [2.24, 2.45) is 5.92 Å². The Kier molecular flexibility index (Phi) is 3.87. The summed E-state index contributed by atoms with van der Waals surface area (Å²) >= 11 is 0. The van der Waals surface area contributed by atoms with Crippen molar-refractivity contribution in [1.82, 2.24) is 0 Å². The van der Waals surface area contributed by atoms with Gasteiger partial charge in [0.05, 0.1) is 13.1 Å². The van der Waals surface area contributed by atoms with Crippen LogP contribution in [0.25, 0.3) is 0 Å². The SMILES string of the molecule is [CH2-][NH+]1CCC(CCOC)CC1. The molecule has 1 saturated heterocycles. The van der Waals surface area contributed by atoms with Crippen molar-refractivity contribution >= 4 is 0 Å². The van der Waals surface area contributed by atoms with Crippen molar-refractivity contribution in [1.29, 1.82) is 0 Å². The van der Waals surface area contributed by atoms with Crippen molar-refractivity contribution in [2.75, 3.05) is 26.8 Å². The highest BCUT2D eigenvalue weighted by molar-refractivity contribution is 4.61. The molecule has 1 rings (SSSR count). The lowest BCUT2D eigenvalue weighted by molar-refractivity contribution is -0.860. The second-order valence-electron chi connectivity index (χ2n) is 3.47. The molecule has 0 atom stereocenters. The van der Waals surface area contributed by atoms with Gasteiger partial charge in [0.15, 0.2) is 0 Å². The number of rotatable bonds is 3. The molecule has 0 saturated carbocycles. The summed E-state index contributed by atoms with van der Waals surface area (Å²) in [5.41, 5.74) is 0. The summed E-state index contributed by atoms with van der Waals surface area (Å²) in [6.45, 7) is 3.42. The van der Waals surface area contributed by atoms with Crippen LogP contribution >= 0.6 is 0 Å². The van der Waals surface area contributed by atoms with Crippen molar-refractivity contribution in [3.05, 3.63) is 7.05 Å². The number of hydrogen-bond donors (Lipinski definition) is 1. The second kappa shape index (κ2) is 4.73. The maximum absolute atomic E-state index is 5.05. The number of methoxy groups -OCH3 is 1. The first kappa shape index (κ1) is 9.01. The van der Waals surface area contributed by atoms with Gasteiger partial charge in [-0.15, -0.1) is 0 Å². The minimum absolute atomic E-state index is 0.903. The first-order valence-corrected chi connectivity index (χ1v) is 4.48. The Labute approximate surface area is 69.5 Å². The van der Waals surface area contributed by atoms with E-state index in [9.17, 15) is 0 Å². The number of hydrogen-bond acceptors (Lipinski definition) is 1. The Hall–Kier alpha value is -0.0800. The third-order valence-corrected chi connectivity index (χ3v) is 2.54. The highest BCUT2D eigenvalue weighted by Gasteiger charge is 2.15. The summed E-state index contributed by atoms with van der Waals surface area (Å²) in [5, 5.41) is 0. The van der Waals surface area contributed by atoms with E-state index in [4.69, 9.17) is 4.74 Å². The highest BCUT2D eigenvalue weighted by atomic mass is 16.5. The van der Waals surface area contributed by atoms with Crippen LogP contribution in [0.3, 0.4) is 0 Å². The Bertz CT molecular complexity index is 95.0. The van der Waals surface area contributed by atoms with E-state index in [0.717, 1.165) is 12.5 Å². The Morgan fingerprint density at radius 2 is 2.09 bits per heavy atom. The number of nitrogens with one attached hydrogen (secondary N) is 1. The van der Waals surface area contributed by atoms with Crippen LogP contribution < -0.4 is 4.90 Å². The van der Waals surface area contributed by atoms with Crippen LogP contribution in [-0.2, 0) is 4.74 Å². The van der Waals surface area contributed by atoms with E-state index in [1.807, 2.05) is 0 Å². The lowest BCUT2D eigenvalue weighted by Gasteiger charge is -2.30. The van der Waals surface area contributed by atoms with Gasteiger partial charge in [0, 0.05) is 13.7 Å². The van der Waals surface area contributed by atoms with Gasteiger partial charge in [-0.2, -0.15) is 7.05 Å². The number of quaternary nitrogens is 1. The molecule has 2 heteroatoms. The molecule has 1 heterocycles. The van der Waals surface area contributed by atoms with Gasteiger partial charge in [-0.05, 0) is 25.2 Å². The maximum Gasteiger partial charge on any atom is 0.0533 e. The summed E-state index contributed by atoms with van der Waals surface area (Å²) < 4.78 is 5.05. The molecule has 1 aliphatic heterocycles. The predicted molar refractivity (Wildman–Crippen MR) is 45.3 cm³/mol. The quantitative estimate of drug-likeness (QED) is 0.574. The fraction of sp³-hybridized carbons (Fsp3) is 0.889. The monoisotopic (exact) mass is 157 g/mol. The number of likely N-dealkylation sites (tertiary alicyclic amines) is 1. The van der Waals surface area contributed by atoms with E-state index in [1.165, 1.54) is 37.3 Å². The maximum atomic E-state index is 5.05. The molecule has 0 aromatic rings.